The number of rotatable bonds is 3. The van der Waals surface area contributed by atoms with Crippen LogP contribution in [0.25, 0.3) is 11.3 Å². The van der Waals surface area contributed by atoms with Crippen LogP contribution in [-0.4, -0.2) is 48.8 Å². The molecule has 0 spiro atoms. The molecule has 0 bridgehead atoms. The molecule has 1 aliphatic heterocycles. The van der Waals surface area contributed by atoms with E-state index in [-0.39, 0.29) is 34.8 Å². The molecular formula is C20H21F3N2O3. The fourth-order valence-electron chi connectivity index (χ4n) is 3.31. The van der Waals surface area contributed by atoms with Gasteiger partial charge in [0.15, 0.2) is 5.76 Å². The molecule has 1 aromatic carbocycles. The molecule has 0 aliphatic carbocycles. The van der Waals surface area contributed by atoms with Crippen LogP contribution in [0.1, 0.15) is 29.0 Å². The third kappa shape index (κ3) is 4.21. The lowest BCUT2D eigenvalue weighted by Gasteiger charge is -2.31. The van der Waals surface area contributed by atoms with Gasteiger partial charge < -0.3 is 14.2 Å². The third-order valence-corrected chi connectivity index (χ3v) is 4.86. The van der Waals surface area contributed by atoms with Crippen molar-refractivity contribution in [2.45, 2.75) is 19.0 Å². The maximum absolute atomic E-state index is 12.9. The Bertz CT molecular complexity index is 866. The molecule has 1 aliphatic rings. The van der Waals surface area contributed by atoms with Gasteiger partial charge in [0.1, 0.15) is 5.76 Å². The van der Waals surface area contributed by atoms with Crippen molar-refractivity contribution in [3.8, 4) is 11.3 Å². The summed E-state index contributed by atoms with van der Waals surface area (Å²) in [6.45, 7) is 0.866. The maximum Gasteiger partial charge on any atom is 0.416 e. The predicted molar refractivity (Wildman–Crippen MR) is 96.5 cm³/mol. The number of benzene rings is 1. The number of hydrogen-bond donors (Lipinski definition) is 0. The Kier molecular flexibility index (Phi) is 5.49. The van der Waals surface area contributed by atoms with Gasteiger partial charge in [-0.15, -0.1) is 0 Å². The van der Waals surface area contributed by atoms with Crippen molar-refractivity contribution in [3.05, 3.63) is 47.7 Å². The Balaban J connectivity index is 1.69. The first-order chi connectivity index (χ1) is 13.2. The van der Waals surface area contributed by atoms with E-state index in [1.54, 1.807) is 23.9 Å². The van der Waals surface area contributed by atoms with Gasteiger partial charge in [0, 0.05) is 38.7 Å². The highest BCUT2D eigenvalue weighted by molar-refractivity contribution is 5.92. The van der Waals surface area contributed by atoms with Crippen LogP contribution < -0.4 is 0 Å². The van der Waals surface area contributed by atoms with E-state index in [2.05, 4.69) is 0 Å². The Morgan fingerprint density at radius 3 is 2.39 bits per heavy atom. The summed E-state index contributed by atoms with van der Waals surface area (Å²) in [5, 5.41) is 0. The van der Waals surface area contributed by atoms with Gasteiger partial charge >= 0.3 is 6.18 Å². The highest BCUT2D eigenvalue weighted by Crippen LogP contribution is 2.33. The van der Waals surface area contributed by atoms with Gasteiger partial charge in [-0.1, -0.05) is 12.1 Å². The molecule has 0 saturated carbocycles. The summed E-state index contributed by atoms with van der Waals surface area (Å²) in [6.07, 6.45) is -3.30. The summed E-state index contributed by atoms with van der Waals surface area (Å²) in [4.78, 5) is 27.8. The van der Waals surface area contributed by atoms with E-state index in [0.29, 0.717) is 25.9 Å². The van der Waals surface area contributed by atoms with Crippen molar-refractivity contribution >= 4 is 11.8 Å². The van der Waals surface area contributed by atoms with Gasteiger partial charge in [0.25, 0.3) is 5.91 Å². The second-order valence-electron chi connectivity index (χ2n) is 7.04. The zero-order valence-corrected chi connectivity index (χ0v) is 15.6. The summed E-state index contributed by atoms with van der Waals surface area (Å²) < 4.78 is 44.2. The van der Waals surface area contributed by atoms with Crippen molar-refractivity contribution in [1.82, 2.24) is 9.80 Å². The molecule has 5 nitrogen and oxygen atoms in total. The molecule has 2 amide bonds. The number of furan rings is 1. The molecule has 28 heavy (non-hydrogen) atoms. The van der Waals surface area contributed by atoms with Crippen molar-refractivity contribution in [2.24, 2.45) is 5.92 Å². The van der Waals surface area contributed by atoms with Gasteiger partial charge in [-0.2, -0.15) is 13.2 Å². The van der Waals surface area contributed by atoms with Crippen LogP contribution in [0.5, 0.6) is 0 Å². The van der Waals surface area contributed by atoms with Gasteiger partial charge in [-0.25, -0.2) is 0 Å². The van der Waals surface area contributed by atoms with E-state index in [1.807, 2.05) is 0 Å². The highest BCUT2D eigenvalue weighted by atomic mass is 19.4. The standard InChI is InChI=1S/C20H21F3N2O3/c1-24(2)18(26)13-8-10-25(11-9-13)19(27)17-7-6-16(28-17)14-4-3-5-15(12-14)20(21,22)23/h3-7,12-13H,8-11H2,1-2H3. The molecule has 8 heteroatoms. The zero-order chi connectivity index (χ0) is 20.5. The molecule has 2 heterocycles. The minimum atomic E-state index is -4.45. The van der Waals surface area contributed by atoms with E-state index in [4.69, 9.17) is 4.42 Å². The van der Waals surface area contributed by atoms with Crippen LogP contribution in [0.2, 0.25) is 0 Å². The average molecular weight is 394 g/mol. The second kappa shape index (κ2) is 7.69. The number of nitrogens with zero attached hydrogens (tertiary/aromatic N) is 2. The Morgan fingerprint density at radius 1 is 1.11 bits per heavy atom. The number of halogens is 3. The quantitative estimate of drug-likeness (QED) is 0.793. The lowest BCUT2D eigenvalue weighted by molar-refractivity contribution is -0.137. The predicted octanol–water partition coefficient (Wildman–Crippen LogP) is 3.91. The average Bonchev–Trinajstić information content (AvgIpc) is 3.16. The molecule has 1 fully saturated rings. The van der Waals surface area contributed by atoms with E-state index < -0.39 is 11.7 Å². The second-order valence-corrected chi connectivity index (χ2v) is 7.04. The van der Waals surface area contributed by atoms with Crippen LogP contribution in [0.4, 0.5) is 13.2 Å². The monoisotopic (exact) mass is 394 g/mol. The largest absolute Gasteiger partial charge is 0.451 e. The molecular weight excluding hydrogens is 373 g/mol. The molecule has 1 saturated heterocycles. The number of likely N-dealkylation sites (tertiary alicyclic amines) is 1. The van der Waals surface area contributed by atoms with Crippen LogP contribution in [0.3, 0.4) is 0 Å². The van der Waals surface area contributed by atoms with Crippen LogP contribution in [0.15, 0.2) is 40.8 Å². The molecule has 0 N–H and O–H groups in total. The first-order valence-electron chi connectivity index (χ1n) is 8.94. The molecule has 150 valence electrons. The summed E-state index contributed by atoms with van der Waals surface area (Å²) >= 11 is 0. The van der Waals surface area contributed by atoms with Crippen molar-refractivity contribution in [1.29, 1.82) is 0 Å². The third-order valence-electron chi connectivity index (χ3n) is 4.86. The van der Waals surface area contributed by atoms with E-state index in [9.17, 15) is 22.8 Å². The summed E-state index contributed by atoms with van der Waals surface area (Å²) in [5.74, 6) is -0.0980. The first kappa shape index (κ1) is 20.0. The molecule has 2 aromatic rings. The van der Waals surface area contributed by atoms with Crippen molar-refractivity contribution in [3.63, 3.8) is 0 Å². The van der Waals surface area contributed by atoms with Gasteiger partial charge in [-0.3, -0.25) is 9.59 Å². The molecule has 0 unspecified atom stereocenters. The summed E-state index contributed by atoms with van der Waals surface area (Å²) in [6, 6.07) is 7.73. The minimum Gasteiger partial charge on any atom is -0.451 e. The Morgan fingerprint density at radius 2 is 1.79 bits per heavy atom. The van der Waals surface area contributed by atoms with Crippen molar-refractivity contribution in [2.75, 3.05) is 27.2 Å². The van der Waals surface area contributed by atoms with Crippen LogP contribution >= 0.6 is 0 Å². The number of amides is 2. The van der Waals surface area contributed by atoms with E-state index in [1.165, 1.54) is 24.3 Å². The van der Waals surface area contributed by atoms with Crippen LogP contribution in [0, 0.1) is 5.92 Å². The highest BCUT2D eigenvalue weighted by Gasteiger charge is 2.31. The smallest absolute Gasteiger partial charge is 0.416 e. The topological polar surface area (TPSA) is 53.8 Å². The Labute approximate surface area is 160 Å². The summed E-state index contributed by atoms with van der Waals surface area (Å²) in [7, 11) is 3.41. The van der Waals surface area contributed by atoms with Gasteiger partial charge in [-0.05, 0) is 37.1 Å². The zero-order valence-electron chi connectivity index (χ0n) is 15.6. The number of carbonyl (C=O) groups excluding carboxylic acids is 2. The SMILES string of the molecule is CN(C)C(=O)C1CCN(C(=O)c2ccc(-c3cccc(C(F)(F)F)c3)o2)CC1. The maximum atomic E-state index is 12.9. The molecule has 1 aromatic heterocycles. The molecule has 0 atom stereocenters. The van der Waals surface area contributed by atoms with Crippen LogP contribution in [-0.2, 0) is 11.0 Å². The van der Waals surface area contributed by atoms with Crippen molar-refractivity contribution < 1.29 is 27.2 Å². The van der Waals surface area contributed by atoms with Gasteiger partial charge in [0.05, 0.1) is 5.56 Å². The molecule has 3 rings (SSSR count). The lowest BCUT2D eigenvalue weighted by atomic mass is 9.95. The first-order valence-corrected chi connectivity index (χ1v) is 8.94. The lowest BCUT2D eigenvalue weighted by Crippen LogP contribution is -2.42. The number of piperidine rings is 1. The van der Waals surface area contributed by atoms with E-state index >= 15 is 0 Å². The van der Waals surface area contributed by atoms with E-state index in [0.717, 1.165) is 12.1 Å². The van der Waals surface area contributed by atoms with Gasteiger partial charge in [0.2, 0.25) is 5.91 Å². The normalized spacial score (nSPS) is 15.5. The number of alkyl halides is 3. The fourth-order valence-corrected chi connectivity index (χ4v) is 3.31. The Hall–Kier alpha value is -2.77. The number of hydrogen-bond acceptors (Lipinski definition) is 3. The summed E-state index contributed by atoms with van der Waals surface area (Å²) in [5.41, 5.74) is -0.522. The number of carbonyl (C=O) groups is 2. The fraction of sp³-hybridized carbons (Fsp3) is 0.400. The minimum absolute atomic E-state index is 0.0527. The molecule has 0 radical (unpaired) electrons.